The van der Waals surface area contributed by atoms with Gasteiger partial charge in [0.15, 0.2) is 0 Å². The molecule has 0 nitrogen and oxygen atoms in total. The lowest BCUT2D eigenvalue weighted by atomic mass is 9.89. The fourth-order valence-electron chi connectivity index (χ4n) is 2.02. The minimum Gasteiger partial charge on any atom is -0.0794 e. The molecule has 0 atom stereocenters. The molecule has 0 aromatic heterocycles. The third-order valence-electron chi connectivity index (χ3n) is 2.82. The zero-order valence-electron chi connectivity index (χ0n) is 8.97. The van der Waals surface area contributed by atoms with E-state index in [1.54, 1.807) is 21.6 Å². The lowest BCUT2D eigenvalue weighted by Crippen LogP contribution is -2.12. The van der Waals surface area contributed by atoms with Crippen LogP contribution in [0.1, 0.15) is 19.3 Å². The maximum Gasteiger partial charge on any atom is 0.0464 e. The number of rotatable bonds is 0. The number of allylic oxidation sites excluding steroid dienone is 4. The minimum absolute atomic E-state index is 1.11. The lowest BCUT2D eigenvalue weighted by Gasteiger charge is -2.21. The van der Waals surface area contributed by atoms with E-state index in [2.05, 4.69) is 23.0 Å². The van der Waals surface area contributed by atoms with Gasteiger partial charge in [-0.3, -0.25) is 0 Å². The Bertz CT molecular complexity index is 439. The third kappa shape index (κ3) is 2.59. The van der Waals surface area contributed by atoms with Crippen molar-refractivity contribution >= 4 is 60.3 Å². The Labute approximate surface area is 123 Å². The Morgan fingerprint density at radius 1 is 0.882 bits per heavy atom. The van der Waals surface area contributed by atoms with Crippen LogP contribution in [0.4, 0.5) is 0 Å². The van der Waals surface area contributed by atoms with Crippen molar-refractivity contribution in [1.29, 1.82) is 0 Å². The summed E-state index contributed by atoms with van der Waals surface area (Å²) in [5, 5.41) is 4.30. The number of hydrogen-bond donors (Lipinski definition) is 0. The van der Waals surface area contributed by atoms with Gasteiger partial charge in [-0.15, -0.1) is 0 Å². The van der Waals surface area contributed by atoms with Gasteiger partial charge in [-0.25, -0.2) is 0 Å². The van der Waals surface area contributed by atoms with Gasteiger partial charge in [-0.05, 0) is 53.4 Å². The zero-order chi connectivity index (χ0) is 11.7. The molecule has 0 aromatic carbocycles. The maximum atomic E-state index is 5.69. The van der Waals surface area contributed by atoms with Gasteiger partial charge in [-0.1, -0.05) is 55.4 Å². The monoisotopic (exact) mass is 314 g/mol. The minimum atomic E-state index is 1.11. The first-order valence-corrected chi connectivity index (χ1v) is 10.2. The Balaban J connectivity index is 1.97. The van der Waals surface area contributed by atoms with E-state index >= 15 is 0 Å². The molecule has 5 heteroatoms. The highest BCUT2D eigenvalue weighted by Gasteiger charge is 2.24. The molecular formula is C12H10S5. The second-order valence-corrected chi connectivity index (χ2v) is 8.54. The summed E-state index contributed by atoms with van der Waals surface area (Å²) in [7, 11) is 7.27. The Morgan fingerprint density at radius 3 is 1.82 bits per heavy atom. The summed E-state index contributed by atoms with van der Waals surface area (Å²) in [4.78, 5) is 3.86. The smallest absolute Gasteiger partial charge is 0.0464 e. The Hall–Kier alpha value is 0.450. The average Bonchev–Trinajstić information content (AvgIpc) is 3.02. The van der Waals surface area contributed by atoms with Crippen LogP contribution in [0.2, 0.25) is 0 Å². The van der Waals surface area contributed by atoms with E-state index in [1.165, 1.54) is 27.4 Å². The molecule has 88 valence electrons. The van der Waals surface area contributed by atoms with Gasteiger partial charge in [0.25, 0.3) is 0 Å². The van der Waals surface area contributed by atoms with Crippen LogP contribution in [0.15, 0.2) is 43.9 Å². The number of thiocarbonyl (C=S) groups is 1. The SMILES string of the molecule is S=C1/C(=C2/C=CSS2)CCC/C1=C1\C=CSS1. The van der Waals surface area contributed by atoms with Crippen LogP contribution in [0.3, 0.4) is 0 Å². The molecule has 0 N–H and O–H groups in total. The van der Waals surface area contributed by atoms with Crippen LogP contribution in [-0.4, -0.2) is 4.86 Å². The van der Waals surface area contributed by atoms with Crippen LogP contribution < -0.4 is 0 Å². The predicted molar refractivity (Wildman–Crippen MR) is 89.1 cm³/mol. The summed E-state index contributed by atoms with van der Waals surface area (Å²) in [5.74, 6) is 0. The van der Waals surface area contributed by atoms with E-state index in [0.29, 0.717) is 0 Å². The Morgan fingerprint density at radius 2 is 1.41 bits per heavy atom. The van der Waals surface area contributed by atoms with Crippen molar-refractivity contribution in [3.05, 3.63) is 43.9 Å². The quantitative estimate of drug-likeness (QED) is 0.311. The molecule has 17 heavy (non-hydrogen) atoms. The van der Waals surface area contributed by atoms with E-state index in [-0.39, 0.29) is 0 Å². The molecule has 0 unspecified atom stereocenters. The highest BCUT2D eigenvalue weighted by molar-refractivity contribution is 8.80. The molecule has 1 saturated carbocycles. The van der Waals surface area contributed by atoms with Gasteiger partial charge in [0, 0.05) is 14.7 Å². The lowest BCUT2D eigenvalue weighted by molar-refractivity contribution is 0.815. The zero-order valence-corrected chi connectivity index (χ0v) is 13.1. The first kappa shape index (κ1) is 12.5. The van der Waals surface area contributed by atoms with Crippen molar-refractivity contribution in [3.63, 3.8) is 0 Å². The average molecular weight is 315 g/mol. The van der Waals surface area contributed by atoms with Gasteiger partial charge in [-0.2, -0.15) is 0 Å². The van der Waals surface area contributed by atoms with Crippen molar-refractivity contribution in [2.75, 3.05) is 0 Å². The van der Waals surface area contributed by atoms with Gasteiger partial charge >= 0.3 is 0 Å². The fraction of sp³-hybridized carbons (Fsp3) is 0.250. The summed E-state index contributed by atoms with van der Waals surface area (Å²) >= 11 is 5.69. The van der Waals surface area contributed by atoms with Crippen LogP contribution in [-0.2, 0) is 0 Å². The molecular weight excluding hydrogens is 304 g/mol. The summed E-state index contributed by atoms with van der Waals surface area (Å²) < 4.78 is 0. The van der Waals surface area contributed by atoms with Crippen LogP contribution in [0.25, 0.3) is 0 Å². The molecule has 1 aliphatic carbocycles. The van der Waals surface area contributed by atoms with E-state index in [1.807, 2.05) is 21.6 Å². The van der Waals surface area contributed by atoms with Crippen molar-refractivity contribution in [2.24, 2.45) is 0 Å². The van der Waals surface area contributed by atoms with E-state index in [9.17, 15) is 0 Å². The standard InChI is InChI=1S/C12H10S5/c13-12-8(10-4-6-14-16-10)2-1-3-9(12)11-5-7-15-17-11/h4-7H,1-3H2/b10-8-,11-9-. The molecule has 0 radical (unpaired) electrons. The largest absolute Gasteiger partial charge is 0.0794 e. The van der Waals surface area contributed by atoms with Gasteiger partial charge in [0.05, 0.1) is 0 Å². The number of hydrogen-bond acceptors (Lipinski definition) is 5. The van der Waals surface area contributed by atoms with E-state index in [4.69, 9.17) is 12.2 Å². The molecule has 3 rings (SSSR count). The molecule has 2 aliphatic heterocycles. The molecule has 0 spiro atoms. The second-order valence-electron chi connectivity index (χ2n) is 3.83. The summed E-state index contributed by atoms with van der Waals surface area (Å²) in [6.45, 7) is 0. The van der Waals surface area contributed by atoms with Crippen molar-refractivity contribution in [3.8, 4) is 0 Å². The molecule has 0 bridgehead atoms. The Kier molecular flexibility index (Phi) is 4.12. The van der Waals surface area contributed by atoms with E-state index < -0.39 is 0 Å². The van der Waals surface area contributed by atoms with E-state index in [0.717, 1.165) is 17.7 Å². The third-order valence-corrected chi connectivity index (χ3v) is 7.45. The maximum absolute atomic E-state index is 5.69. The van der Waals surface area contributed by atoms with Crippen molar-refractivity contribution in [2.45, 2.75) is 19.3 Å². The summed E-state index contributed by atoms with van der Waals surface area (Å²) in [5.41, 5.74) is 2.79. The normalized spacial score (nSPS) is 32.8. The fourth-order valence-corrected chi connectivity index (χ4v) is 6.53. The topological polar surface area (TPSA) is 0 Å². The van der Waals surface area contributed by atoms with Gasteiger partial charge in [0.1, 0.15) is 0 Å². The first-order chi connectivity index (χ1) is 8.36. The molecule has 2 heterocycles. The van der Waals surface area contributed by atoms with Crippen molar-refractivity contribution < 1.29 is 0 Å². The molecule has 3 aliphatic rings. The highest BCUT2D eigenvalue weighted by Crippen LogP contribution is 2.47. The van der Waals surface area contributed by atoms with Gasteiger partial charge < -0.3 is 0 Å². The van der Waals surface area contributed by atoms with Crippen molar-refractivity contribution in [1.82, 2.24) is 0 Å². The van der Waals surface area contributed by atoms with Crippen LogP contribution in [0.5, 0.6) is 0 Å². The second kappa shape index (κ2) is 5.61. The summed E-state index contributed by atoms with van der Waals surface area (Å²) in [6.07, 6.45) is 7.93. The molecule has 0 saturated heterocycles. The molecule has 1 fully saturated rings. The first-order valence-electron chi connectivity index (χ1n) is 5.37. The summed E-state index contributed by atoms with van der Waals surface area (Å²) in [6, 6.07) is 0. The molecule has 0 amide bonds. The van der Waals surface area contributed by atoms with Crippen LogP contribution >= 0.6 is 55.4 Å². The molecule has 0 aromatic rings. The predicted octanol–water partition coefficient (Wildman–Crippen LogP) is 5.87. The highest BCUT2D eigenvalue weighted by atomic mass is 33.1. The van der Waals surface area contributed by atoms with Crippen LogP contribution in [0, 0.1) is 0 Å². The van der Waals surface area contributed by atoms with Gasteiger partial charge in [0.2, 0.25) is 0 Å².